The van der Waals surface area contributed by atoms with Crippen molar-refractivity contribution >= 4 is 11.7 Å². The first-order valence-corrected chi connectivity index (χ1v) is 8.09. The third-order valence-electron chi connectivity index (χ3n) is 4.05. The average Bonchev–Trinajstić information content (AvgIpc) is 2.58. The van der Waals surface area contributed by atoms with Crippen LogP contribution in [0.25, 0.3) is 0 Å². The summed E-state index contributed by atoms with van der Waals surface area (Å²) in [5.41, 5.74) is 0.366. The van der Waals surface area contributed by atoms with E-state index in [2.05, 4.69) is 20.2 Å². The summed E-state index contributed by atoms with van der Waals surface area (Å²) in [4.78, 5) is 24.3. The molecule has 0 saturated carbocycles. The molecule has 1 N–H and O–H groups in total. The second-order valence-corrected chi connectivity index (χ2v) is 6.17. The fourth-order valence-electron chi connectivity index (χ4n) is 2.77. The van der Waals surface area contributed by atoms with Gasteiger partial charge in [0, 0.05) is 40.8 Å². The first-order chi connectivity index (χ1) is 11.1. The number of carbonyl (C=O) groups is 1. The van der Waals surface area contributed by atoms with Crippen molar-refractivity contribution in [2.24, 2.45) is 5.92 Å². The Kier molecular flexibility index (Phi) is 6.73. The van der Waals surface area contributed by atoms with Gasteiger partial charge in [0.15, 0.2) is 0 Å². The van der Waals surface area contributed by atoms with Crippen molar-refractivity contribution in [3.63, 3.8) is 0 Å². The van der Waals surface area contributed by atoms with Crippen LogP contribution in [0, 0.1) is 5.92 Å². The molecule has 0 aliphatic carbocycles. The Morgan fingerprint density at radius 1 is 1.48 bits per heavy atom. The SMILES string of the molecule is COCCN1CCCC(CNc2cncc(C(=O)N(C)C)n2)C1. The summed E-state index contributed by atoms with van der Waals surface area (Å²) >= 11 is 0. The minimum absolute atomic E-state index is 0.135. The molecule has 1 aliphatic heterocycles. The smallest absolute Gasteiger partial charge is 0.273 e. The third kappa shape index (κ3) is 5.44. The summed E-state index contributed by atoms with van der Waals surface area (Å²) in [5.74, 6) is 1.10. The highest BCUT2D eigenvalue weighted by molar-refractivity contribution is 5.91. The van der Waals surface area contributed by atoms with Crippen LogP contribution < -0.4 is 5.32 Å². The quantitative estimate of drug-likeness (QED) is 0.806. The summed E-state index contributed by atoms with van der Waals surface area (Å²) in [6.07, 6.45) is 5.58. The first-order valence-electron chi connectivity index (χ1n) is 8.09. The fraction of sp³-hybridized carbons (Fsp3) is 0.688. The molecule has 1 amide bonds. The number of anilines is 1. The van der Waals surface area contributed by atoms with E-state index >= 15 is 0 Å². The Labute approximate surface area is 138 Å². The Balaban J connectivity index is 1.85. The number of rotatable bonds is 7. The molecule has 0 radical (unpaired) electrons. The van der Waals surface area contributed by atoms with Crippen LogP contribution in [0.4, 0.5) is 5.82 Å². The van der Waals surface area contributed by atoms with Crippen LogP contribution in [0.3, 0.4) is 0 Å². The number of hydrogen-bond acceptors (Lipinski definition) is 6. The Morgan fingerprint density at radius 2 is 2.30 bits per heavy atom. The maximum atomic E-state index is 11.9. The third-order valence-corrected chi connectivity index (χ3v) is 4.05. The van der Waals surface area contributed by atoms with Crippen LogP contribution in [-0.2, 0) is 4.74 Å². The van der Waals surface area contributed by atoms with E-state index in [1.165, 1.54) is 23.9 Å². The molecular weight excluding hydrogens is 294 g/mol. The highest BCUT2D eigenvalue weighted by Gasteiger charge is 2.19. The molecule has 1 fully saturated rings. The zero-order valence-corrected chi connectivity index (χ0v) is 14.3. The normalized spacial score (nSPS) is 18.7. The summed E-state index contributed by atoms with van der Waals surface area (Å²) in [6.45, 7) is 4.82. The lowest BCUT2D eigenvalue weighted by Gasteiger charge is -2.32. The summed E-state index contributed by atoms with van der Waals surface area (Å²) in [6, 6.07) is 0. The van der Waals surface area contributed by atoms with E-state index in [1.54, 1.807) is 27.4 Å². The molecule has 128 valence electrons. The van der Waals surface area contributed by atoms with Crippen molar-refractivity contribution in [3.05, 3.63) is 18.1 Å². The van der Waals surface area contributed by atoms with Crippen LogP contribution in [0.2, 0.25) is 0 Å². The number of ether oxygens (including phenoxy) is 1. The molecule has 23 heavy (non-hydrogen) atoms. The monoisotopic (exact) mass is 321 g/mol. The zero-order valence-electron chi connectivity index (χ0n) is 14.3. The number of carbonyl (C=O) groups excluding carboxylic acids is 1. The Bertz CT molecular complexity index is 509. The standard InChI is InChI=1S/C16H27N5O2/c1-20(2)16(22)14-10-17-11-15(19-14)18-9-13-5-4-6-21(12-13)7-8-23-3/h10-11,13H,4-9,12H2,1-3H3,(H,18,19). The van der Waals surface area contributed by atoms with Gasteiger partial charge >= 0.3 is 0 Å². The molecule has 0 bridgehead atoms. The van der Waals surface area contributed by atoms with E-state index in [9.17, 15) is 4.79 Å². The lowest BCUT2D eigenvalue weighted by molar-refractivity contribution is 0.0821. The number of likely N-dealkylation sites (tertiary alicyclic amines) is 1. The van der Waals surface area contributed by atoms with Gasteiger partial charge in [0.05, 0.1) is 19.0 Å². The van der Waals surface area contributed by atoms with Crippen LogP contribution >= 0.6 is 0 Å². The maximum Gasteiger partial charge on any atom is 0.273 e. The van der Waals surface area contributed by atoms with Crippen molar-refractivity contribution in [1.29, 1.82) is 0 Å². The molecule has 1 aromatic heterocycles. The molecule has 1 atom stereocenters. The molecule has 0 spiro atoms. The predicted molar refractivity (Wildman–Crippen MR) is 89.6 cm³/mol. The number of aromatic nitrogens is 2. The number of hydrogen-bond donors (Lipinski definition) is 1. The molecule has 0 aromatic carbocycles. The molecule has 1 aromatic rings. The van der Waals surface area contributed by atoms with Gasteiger partial charge in [-0.1, -0.05) is 0 Å². The molecule has 7 nitrogen and oxygen atoms in total. The number of nitrogens with one attached hydrogen (secondary N) is 1. The molecule has 2 rings (SSSR count). The average molecular weight is 321 g/mol. The molecular formula is C16H27N5O2. The van der Waals surface area contributed by atoms with Crippen molar-refractivity contribution in [1.82, 2.24) is 19.8 Å². The lowest BCUT2D eigenvalue weighted by Crippen LogP contribution is -2.39. The van der Waals surface area contributed by atoms with Crippen LogP contribution in [0.5, 0.6) is 0 Å². The second kappa shape index (κ2) is 8.79. The minimum atomic E-state index is -0.135. The molecule has 7 heteroatoms. The Hall–Kier alpha value is -1.73. The topological polar surface area (TPSA) is 70.6 Å². The van der Waals surface area contributed by atoms with E-state index in [0.717, 1.165) is 32.8 Å². The second-order valence-electron chi connectivity index (χ2n) is 6.17. The number of methoxy groups -OCH3 is 1. The van der Waals surface area contributed by atoms with Gasteiger partial charge in [-0.3, -0.25) is 9.78 Å². The molecule has 1 aliphatic rings. The van der Waals surface area contributed by atoms with E-state index in [0.29, 0.717) is 17.4 Å². The van der Waals surface area contributed by atoms with E-state index < -0.39 is 0 Å². The Morgan fingerprint density at radius 3 is 3.04 bits per heavy atom. The van der Waals surface area contributed by atoms with E-state index in [-0.39, 0.29) is 5.91 Å². The van der Waals surface area contributed by atoms with Crippen LogP contribution in [0.15, 0.2) is 12.4 Å². The van der Waals surface area contributed by atoms with Gasteiger partial charge in [0.1, 0.15) is 11.5 Å². The largest absolute Gasteiger partial charge is 0.383 e. The van der Waals surface area contributed by atoms with Crippen molar-refractivity contribution in [2.75, 3.05) is 59.3 Å². The van der Waals surface area contributed by atoms with Gasteiger partial charge in [-0.15, -0.1) is 0 Å². The number of piperidine rings is 1. The van der Waals surface area contributed by atoms with Gasteiger partial charge in [0.25, 0.3) is 5.91 Å². The minimum Gasteiger partial charge on any atom is -0.383 e. The van der Waals surface area contributed by atoms with Gasteiger partial charge in [0.2, 0.25) is 0 Å². The fourth-order valence-corrected chi connectivity index (χ4v) is 2.77. The van der Waals surface area contributed by atoms with Crippen molar-refractivity contribution in [3.8, 4) is 0 Å². The highest BCUT2D eigenvalue weighted by Crippen LogP contribution is 2.17. The molecule has 1 unspecified atom stereocenters. The lowest BCUT2D eigenvalue weighted by atomic mass is 9.98. The van der Waals surface area contributed by atoms with Crippen molar-refractivity contribution in [2.45, 2.75) is 12.8 Å². The van der Waals surface area contributed by atoms with Gasteiger partial charge in [-0.05, 0) is 25.3 Å². The number of nitrogens with zero attached hydrogens (tertiary/aromatic N) is 4. The van der Waals surface area contributed by atoms with E-state index in [1.807, 2.05) is 0 Å². The maximum absolute atomic E-state index is 11.9. The summed E-state index contributed by atoms with van der Waals surface area (Å²) in [5, 5.41) is 3.32. The van der Waals surface area contributed by atoms with E-state index in [4.69, 9.17) is 4.74 Å². The summed E-state index contributed by atoms with van der Waals surface area (Å²) in [7, 11) is 5.16. The van der Waals surface area contributed by atoms with Gasteiger partial charge < -0.3 is 19.9 Å². The van der Waals surface area contributed by atoms with Crippen molar-refractivity contribution < 1.29 is 9.53 Å². The number of amides is 1. The highest BCUT2D eigenvalue weighted by atomic mass is 16.5. The molecule has 2 heterocycles. The van der Waals surface area contributed by atoms with Crippen LogP contribution in [0.1, 0.15) is 23.3 Å². The van der Waals surface area contributed by atoms with Crippen LogP contribution in [-0.4, -0.2) is 79.7 Å². The van der Waals surface area contributed by atoms with Gasteiger partial charge in [-0.25, -0.2) is 4.98 Å². The first kappa shape index (κ1) is 17.6. The zero-order chi connectivity index (χ0) is 16.7. The molecule has 1 saturated heterocycles. The summed E-state index contributed by atoms with van der Waals surface area (Å²) < 4.78 is 5.15. The van der Waals surface area contributed by atoms with Gasteiger partial charge in [-0.2, -0.15) is 0 Å². The predicted octanol–water partition coefficient (Wildman–Crippen LogP) is 0.949.